The second-order valence-electron chi connectivity index (χ2n) is 6.30. The van der Waals surface area contributed by atoms with Gasteiger partial charge in [0, 0.05) is 33.9 Å². The zero-order valence-electron chi connectivity index (χ0n) is 15.1. The standard InChI is InChI=1S/C21H13ClN2O5/c1-12-2-3-14(10-18(12)24(26)27)20-23-17(21(25)29-20)11-16-8-9-19(28-16)13-4-6-15(22)7-5-13/h2-11H,1H3. The molecule has 8 heteroatoms. The van der Waals surface area contributed by atoms with E-state index >= 15 is 0 Å². The van der Waals surface area contributed by atoms with Gasteiger partial charge in [0.1, 0.15) is 11.5 Å². The van der Waals surface area contributed by atoms with Crippen LogP contribution < -0.4 is 0 Å². The number of nitro benzene ring substituents is 1. The van der Waals surface area contributed by atoms with Gasteiger partial charge in [-0.05, 0) is 49.4 Å². The Morgan fingerprint density at radius 2 is 1.79 bits per heavy atom. The third-order valence-electron chi connectivity index (χ3n) is 4.31. The van der Waals surface area contributed by atoms with Crippen molar-refractivity contribution in [3.05, 3.63) is 92.3 Å². The first-order valence-corrected chi connectivity index (χ1v) is 8.92. The Labute approximate surface area is 170 Å². The Kier molecular flexibility index (Phi) is 4.74. The number of benzene rings is 2. The van der Waals surface area contributed by atoms with Crippen molar-refractivity contribution in [3.8, 4) is 11.3 Å². The molecule has 0 N–H and O–H groups in total. The topological polar surface area (TPSA) is 94.9 Å². The maximum absolute atomic E-state index is 12.2. The fraction of sp³-hybridized carbons (Fsp3) is 0.0476. The lowest BCUT2D eigenvalue weighted by atomic mass is 10.1. The van der Waals surface area contributed by atoms with E-state index in [1.165, 1.54) is 12.1 Å². The summed E-state index contributed by atoms with van der Waals surface area (Å²) in [6, 6.07) is 15.1. The Morgan fingerprint density at radius 1 is 1.07 bits per heavy atom. The Hall–Kier alpha value is -3.71. The number of aryl methyl sites for hydroxylation is 1. The number of hydrogen-bond donors (Lipinski definition) is 0. The first kappa shape index (κ1) is 18.6. The molecule has 29 heavy (non-hydrogen) atoms. The Balaban J connectivity index is 1.63. The molecular formula is C21H13ClN2O5. The third kappa shape index (κ3) is 3.81. The van der Waals surface area contributed by atoms with Crippen molar-refractivity contribution >= 4 is 35.2 Å². The predicted molar refractivity (Wildman–Crippen MR) is 108 cm³/mol. The van der Waals surface area contributed by atoms with Gasteiger partial charge in [0.2, 0.25) is 5.90 Å². The molecule has 1 aliphatic rings. The van der Waals surface area contributed by atoms with E-state index in [1.807, 2.05) is 12.1 Å². The molecule has 0 spiro atoms. The number of furan rings is 1. The lowest BCUT2D eigenvalue weighted by Gasteiger charge is -2.01. The molecule has 2 heterocycles. The van der Waals surface area contributed by atoms with Crippen LogP contribution in [0.4, 0.5) is 5.69 Å². The predicted octanol–water partition coefficient (Wildman–Crippen LogP) is 5.16. The van der Waals surface area contributed by atoms with Gasteiger partial charge in [-0.1, -0.05) is 17.7 Å². The number of hydrogen-bond acceptors (Lipinski definition) is 6. The Morgan fingerprint density at radius 3 is 2.52 bits per heavy atom. The van der Waals surface area contributed by atoms with Crippen molar-refractivity contribution in [2.24, 2.45) is 4.99 Å². The van der Waals surface area contributed by atoms with Crippen LogP contribution in [0.25, 0.3) is 17.4 Å². The van der Waals surface area contributed by atoms with Gasteiger partial charge < -0.3 is 9.15 Å². The fourth-order valence-electron chi connectivity index (χ4n) is 2.81. The zero-order valence-corrected chi connectivity index (χ0v) is 15.8. The van der Waals surface area contributed by atoms with E-state index < -0.39 is 10.9 Å². The number of nitro groups is 1. The number of ether oxygens (including phenoxy) is 1. The van der Waals surface area contributed by atoms with E-state index in [9.17, 15) is 14.9 Å². The van der Waals surface area contributed by atoms with Gasteiger partial charge in [-0.2, -0.15) is 0 Å². The minimum atomic E-state index is -0.660. The van der Waals surface area contributed by atoms with E-state index in [0.717, 1.165) is 5.56 Å². The summed E-state index contributed by atoms with van der Waals surface area (Å²) in [6.45, 7) is 1.63. The summed E-state index contributed by atoms with van der Waals surface area (Å²) >= 11 is 5.89. The van der Waals surface area contributed by atoms with Crippen LogP contribution >= 0.6 is 11.6 Å². The van der Waals surface area contributed by atoms with Crippen LogP contribution in [0.3, 0.4) is 0 Å². The molecule has 0 atom stereocenters. The first-order chi connectivity index (χ1) is 13.9. The van der Waals surface area contributed by atoms with E-state index in [2.05, 4.69) is 4.99 Å². The van der Waals surface area contributed by atoms with E-state index in [0.29, 0.717) is 27.7 Å². The van der Waals surface area contributed by atoms with Gasteiger partial charge >= 0.3 is 5.97 Å². The summed E-state index contributed by atoms with van der Waals surface area (Å²) in [4.78, 5) is 27.0. The summed E-state index contributed by atoms with van der Waals surface area (Å²) < 4.78 is 10.9. The van der Waals surface area contributed by atoms with Crippen LogP contribution in [0.15, 0.2) is 69.7 Å². The molecule has 0 saturated carbocycles. The minimum Gasteiger partial charge on any atom is -0.457 e. The highest BCUT2D eigenvalue weighted by Gasteiger charge is 2.26. The summed E-state index contributed by atoms with van der Waals surface area (Å²) in [5.41, 5.74) is 1.66. The quantitative estimate of drug-likeness (QED) is 0.257. The van der Waals surface area contributed by atoms with Gasteiger partial charge in [0.25, 0.3) is 5.69 Å². The highest BCUT2D eigenvalue weighted by molar-refractivity contribution is 6.30. The summed E-state index contributed by atoms with van der Waals surface area (Å²) in [6.07, 6.45) is 1.46. The molecule has 0 fully saturated rings. The van der Waals surface area contributed by atoms with Crippen molar-refractivity contribution in [3.63, 3.8) is 0 Å². The largest absolute Gasteiger partial charge is 0.457 e. The maximum Gasteiger partial charge on any atom is 0.363 e. The van der Waals surface area contributed by atoms with Crippen molar-refractivity contribution < 1.29 is 18.9 Å². The molecule has 0 unspecified atom stereocenters. The number of halogens is 1. The average molecular weight is 409 g/mol. The average Bonchev–Trinajstić information content (AvgIpc) is 3.30. The highest BCUT2D eigenvalue weighted by Crippen LogP contribution is 2.27. The van der Waals surface area contributed by atoms with Crippen molar-refractivity contribution in [2.75, 3.05) is 0 Å². The van der Waals surface area contributed by atoms with Gasteiger partial charge in [-0.3, -0.25) is 10.1 Å². The van der Waals surface area contributed by atoms with Crippen LogP contribution in [0.2, 0.25) is 5.02 Å². The third-order valence-corrected chi connectivity index (χ3v) is 4.56. The molecule has 7 nitrogen and oxygen atoms in total. The van der Waals surface area contributed by atoms with Crippen molar-refractivity contribution in [1.82, 2.24) is 0 Å². The normalized spacial score (nSPS) is 14.8. The van der Waals surface area contributed by atoms with Crippen molar-refractivity contribution in [2.45, 2.75) is 6.92 Å². The highest BCUT2D eigenvalue weighted by atomic mass is 35.5. The molecule has 4 rings (SSSR count). The number of aliphatic imine (C=N–C) groups is 1. The molecule has 0 saturated heterocycles. The maximum atomic E-state index is 12.2. The van der Waals surface area contributed by atoms with Gasteiger partial charge in [-0.25, -0.2) is 9.79 Å². The molecule has 2 aromatic carbocycles. The number of carbonyl (C=O) groups excluding carboxylic acids is 1. The Bertz CT molecular complexity index is 1190. The second kappa shape index (κ2) is 7.37. The first-order valence-electron chi connectivity index (χ1n) is 8.54. The van der Waals surface area contributed by atoms with Crippen LogP contribution in [-0.4, -0.2) is 16.8 Å². The SMILES string of the molecule is Cc1ccc(C2=NC(=Cc3ccc(-c4ccc(Cl)cc4)o3)C(=O)O2)cc1[N+](=O)[O-]. The van der Waals surface area contributed by atoms with E-state index in [-0.39, 0.29) is 17.3 Å². The number of carbonyl (C=O) groups is 1. The zero-order chi connectivity index (χ0) is 20.5. The number of rotatable bonds is 4. The van der Waals surface area contributed by atoms with Crippen LogP contribution in [-0.2, 0) is 9.53 Å². The van der Waals surface area contributed by atoms with Crippen LogP contribution in [0.1, 0.15) is 16.9 Å². The van der Waals surface area contributed by atoms with Crippen LogP contribution in [0, 0.1) is 17.0 Å². The molecule has 3 aromatic rings. The monoisotopic (exact) mass is 408 g/mol. The molecule has 0 bridgehead atoms. The fourth-order valence-corrected chi connectivity index (χ4v) is 2.93. The molecular weight excluding hydrogens is 396 g/mol. The van der Waals surface area contributed by atoms with E-state index in [4.69, 9.17) is 20.8 Å². The summed E-state index contributed by atoms with van der Waals surface area (Å²) in [5, 5.41) is 11.7. The molecule has 144 valence electrons. The molecule has 1 aliphatic heterocycles. The summed E-state index contributed by atoms with van der Waals surface area (Å²) in [7, 11) is 0. The van der Waals surface area contributed by atoms with Gasteiger partial charge in [0.05, 0.1) is 4.92 Å². The molecule has 1 aromatic heterocycles. The van der Waals surface area contributed by atoms with Crippen molar-refractivity contribution in [1.29, 1.82) is 0 Å². The molecule has 0 aliphatic carbocycles. The number of nitrogens with zero attached hydrogens (tertiary/aromatic N) is 2. The lowest BCUT2D eigenvalue weighted by Crippen LogP contribution is -2.06. The lowest BCUT2D eigenvalue weighted by molar-refractivity contribution is -0.385. The van der Waals surface area contributed by atoms with Crippen LogP contribution in [0.5, 0.6) is 0 Å². The molecule has 0 radical (unpaired) electrons. The van der Waals surface area contributed by atoms with E-state index in [1.54, 1.807) is 43.3 Å². The van der Waals surface area contributed by atoms with Gasteiger partial charge in [-0.15, -0.1) is 0 Å². The summed E-state index contributed by atoms with van der Waals surface area (Å²) in [5.74, 6) is 0.376. The number of esters is 1. The van der Waals surface area contributed by atoms with Gasteiger partial charge in [0.15, 0.2) is 5.70 Å². The molecule has 0 amide bonds. The smallest absolute Gasteiger partial charge is 0.363 e. The second-order valence-corrected chi connectivity index (χ2v) is 6.74. The minimum absolute atomic E-state index is 0.00818. The number of cyclic esters (lactones) is 1.